The summed E-state index contributed by atoms with van der Waals surface area (Å²) in [6.07, 6.45) is 3.28. The fourth-order valence-electron chi connectivity index (χ4n) is 5.77. The van der Waals surface area contributed by atoms with Crippen molar-refractivity contribution in [1.82, 2.24) is 20.7 Å². The maximum atomic E-state index is 12.2. The van der Waals surface area contributed by atoms with Crippen molar-refractivity contribution < 1.29 is 29.4 Å². The molecule has 10 heteroatoms. The van der Waals surface area contributed by atoms with Gasteiger partial charge in [-0.1, -0.05) is 72.8 Å². The van der Waals surface area contributed by atoms with E-state index in [1.807, 2.05) is 85.1 Å². The number of aliphatic hydroxyl groups is 1. The maximum absolute atomic E-state index is 12.2. The van der Waals surface area contributed by atoms with Gasteiger partial charge in [-0.15, -0.1) is 0 Å². The Balaban J connectivity index is 1.23. The number of ether oxygens (including phenoxy) is 2. The lowest BCUT2D eigenvalue weighted by atomic mass is 9.99. The summed E-state index contributed by atoms with van der Waals surface area (Å²) in [7, 11) is 2.11. The van der Waals surface area contributed by atoms with Crippen LogP contribution in [-0.4, -0.2) is 58.3 Å². The van der Waals surface area contributed by atoms with Crippen LogP contribution in [0.4, 0.5) is 0 Å². The summed E-state index contributed by atoms with van der Waals surface area (Å²) in [6, 6.07) is 30.1. The van der Waals surface area contributed by atoms with Crippen LogP contribution in [0.15, 0.2) is 97.2 Å². The number of aliphatic hydroxyl groups excluding tert-OH is 1. The highest BCUT2D eigenvalue weighted by atomic mass is 16.7. The summed E-state index contributed by atoms with van der Waals surface area (Å²) in [4.78, 5) is 30.1. The van der Waals surface area contributed by atoms with Gasteiger partial charge in [0.1, 0.15) is 0 Å². The monoisotopic (exact) mass is 652 g/mol. The SMILES string of the molecule is CN(CCc1ccccn1)C[C@@H]1C[C@H](c2ccc(CO)cc2)O[C@H](c2ccc(-c3cccc(CNC(=O)CCCC(=O)NO)c3)cc2)O1. The molecule has 0 bridgehead atoms. The van der Waals surface area contributed by atoms with Crippen molar-refractivity contribution in [3.05, 3.63) is 125 Å². The summed E-state index contributed by atoms with van der Waals surface area (Å²) >= 11 is 0. The number of amides is 2. The van der Waals surface area contributed by atoms with E-state index in [1.165, 1.54) is 0 Å². The maximum Gasteiger partial charge on any atom is 0.243 e. The molecular formula is C38H44N4O6. The Morgan fingerprint density at radius 1 is 0.875 bits per heavy atom. The lowest BCUT2D eigenvalue weighted by molar-refractivity contribution is -0.252. The zero-order valence-corrected chi connectivity index (χ0v) is 27.3. The van der Waals surface area contributed by atoms with Gasteiger partial charge in [-0.3, -0.25) is 19.8 Å². The van der Waals surface area contributed by atoms with Gasteiger partial charge in [-0.05, 0) is 59.5 Å². The molecule has 0 aliphatic carbocycles. The Labute approximate surface area is 281 Å². The van der Waals surface area contributed by atoms with E-state index in [0.29, 0.717) is 19.4 Å². The molecule has 2 amide bonds. The molecule has 0 spiro atoms. The third-order valence-electron chi connectivity index (χ3n) is 8.47. The standard InChI is InChI=1S/C38H44N4O6/c1-42(21-19-33-8-2-3-20-39-33)25-34-23-35(30-13-11-27(26-43)12-14-30)48-38(47-34)31-17-15-29(16-18-31)32-7-4-6-28(22-32)24-40-36(44)9-5-10-37(45)41-46/h2-4,6-8,11-18,20,22,34-35,38,43,46H,5,9-10,19,21,23-26H2,1H3,(H,40,44)(H,41,45)/t34-,35+,38+/m0/s1. The Morgan fingerprint density at radius 2 is 1.65 bits per heavy atom. The van der Waals surface area contributed by atoms with E-state index in [2.05, 4.69) is 34.4 Å². The number of nitrogens with one attached hydrogen (secondary N) is 2. The first-order chi connectivity index (χ1) is 23.4. The molecule has 1 fully saturated rings. The molecule has 2 heterocycles. The Bertz CT molecular complexity index is 1600. The quantitative estimate of drug-likeness (QED) is 0.101. The summed E-state index contributed by atoms with van der Waals surface area (Å²) in [6.45, 7) is 1.98. The molecule has 1 aliphatic heterocycles. The lowest BCUT2D eigenvalue weighted by Gasteiger charge is -2.38. The van der Waals surface area contributed by atoms with Gasteiger partial charge >= 0.3 is 0 Å². The van der Waals surface area contributed by atoms with Crippen LogP contribution < -0.4 is 10.8 Å². The van der Waals surface area contributed by atoms with Gasteiger partial charge in [0, 0.05) is 62.8 Å². The van der Waals surface area contributed by atoms with E-state index in [4.69, 9.17) is 14.7 Å². The summed E-state index contributed by atoms with van der Waals surface area (Å²) in [5, 5.41) is 21.0. The third kappa shape index (κ3) is 10.3. The van der Waals surface area contributed by atoms with Gasteiger partial charge in [0.05, 0.1) is 18.8 Å². The number of rotatable bonds is 15. The smallest absolute Gasteiger partial charge is 0.243 e. The number of pyridine rings is 1. The molecule has 1 aromatic heterocycles. The first-order valence-electron chi connectivity index (χ1n) is 16.4. The van der Waals surface area contributed by atoms with Crippen molar-refractivity contribution in [2.45, 2.75) is 63.8 Å². The van der Waals surface area contributed by atoms with Crippen LogP contribution in [0.1, 0.15) is 66.0 Å². The summed E-state index contributed by atoms with van der Waals surface area (Å²) < 4.78 is 13.1. The fraction of sp³-hybridized carbons (Fsp3) is 0.342. The minimum Gasteiger partial charge on any atom is -0.392 e. The van der Waals surface area contributed by atoms with Crippen molar-refractivity contribution in [2.24, 2.45) is 0 Å². The minimum absolute atomic E-state index is 0.00147. The zero-order valence-electron chi connectivity index (χ0n) is 27.3. The number of hydrogen-bond donors (Lipinski definition) is 4. The van der Waals surface area contributed by atoms with Gasteiger partial charge in [0.15, 0.2) is 6.29 Å². The van der Waals surface area contributed by atoms with Crippen LogP contribution in [0, 0.1) is 0 Å². The number of hydrogen-bond acceptors (Lipinski definition) is 8. The topological polar surface area (TPSA) is 133 Å². The molecule has 4 aromatic rings. The molecule has 48 heavy (non-hydrogen) atoms. The molecule has 10 nitrogen and oxygen atoms in total. The average Bonchev–Trinajstić information content (AvgIpc) is 3.13. The molecule has 0 unspecified atom stereocenters. The highest BCUT2D eigenvalue weighted by Gasteiger charge is 2.32. The summed E-state index contributed by atoms with van der Waals surface area (Å²) in [5.41, 5.74) is 8.49. The minimum atomic E-state index is -0.547. The molecule has 252 valence electrons. The molecular weight excluding hydrogens is 608 g/mol. The van der Waals surface area contributed by atoms with E-state index in [0.717, 1.165) is 58.6 Å². The normalized spacial score (nSPS) is 17.6. The van der Waals surface area contributed by atoms with Crippen LogP contribution in [0.3, 0.4) is 0 Å². The Kier molecular flexibility index (Phi) is 12.8. The van der Waals surface area contributed by atoms with Crippen LogP contribution in [0.25, 0.3) is 11.1 Å². The first-order valence-corrected chi connectivity index (χ1v) is 16.4. The second-order valence-corrected chi connectivity index (χ2v) is 12.2. The third-order valence-corrected chi connectivity index (χ3v) is 8.47. The molecule has 0 radical (unpaired) electrons. The number of carbonyl (C=O) groups excluding carboxylic acids is 2. The second kappa shape index (κ2) is 17.6. The number of nitrogens with zero attached hydrogens (tertiary/aromatic N) is 2. The predicted octanol–water partition coefficient (Wildman–Crippen LogP) is 5.25. The van der Waals surface area contributed by atoms with Crippen molar-refractivity contribution in [1.29, 1.82) is 0 Å². The molecule has 5 rings (SSSR count). The van der Waals surface area contributed by atoms with Gasteiger partial charge in [-0.2, -0.15) is 0 Å². The highest BCUT2D eigenvalue weighted by Crippen LogP contribution is 2.38. The van der Waals surface area contributed by atoms with E-state index >= 15 is 0 Å². The summed E-state index contributed by atoms with van der Waals surface area (Å²) in [5.74, 6) is -0.653. The average molecular weight is 653 g/mol. The van der Waals surface area contributed by atoms with Gasteiger partial charge in [-0.25, -0.2) is 5.48 Å². The van der Waals surface area contributed by atoms with Crippen molar-refractivity contribution in [3.8, 4) is 11.1 Å². The molecule has 1 aliphatic rings. The Morgan fingerprint density at radius 3 is 2.38 bits per heavy atom. The predicted molar refractivity (Wildman–Crippen MR) is 181 cm³/mol. The van der Waals surface area contributed by atoms with E-state index in [1.54, 1.807) is 5.48 Å². The van der Waals surface area contributed by atoms with Gasteiger partial charge in [0.2, 0.25) is 11.8 Å². The van der Waals surface area contributed by atoms with Crippen LogP contribution >= 0.6 is 0 Å². The number of carbonyl (C=O) groups is 2. The van der Waals surface area contributed by atoms with E-state index in [-0.39, 0.29) is 37.6 Å². The number of benzene rings is 3. The van der Waals surface area contributed by atoms with Gasteiger partial charge in [0.25, 0.3) is 0 Å². The van der Waals surface area contributed by atoms with Crippen molar-refractivity contribution in [3.63, 3.8) is 0 Å². The number of aromatic nitrogens is 1. The van der Waals surface area contributed by atoms with E-state index < -0.39 is 12.2 Å². The molecule has 4 N–H and O–H groups in total. The number of likely N-dealkylation sites (N-methyl/N-ethyl adjacent to an activating group) is 1. The highest BCUT2D eigenvalue weighted by molar-refractivity contribution is 5.78. The van der Waals surface area contributed by atoms with Crippen LogP contribution in [0.2, 0.25) is 0 Å². The van der Waals surface area contributed by atoms with Gasteiger partial charge < -0.3 is 24.8 Å². The van der Waals surface area contributed by atoms with Crippen molar-refractivity contribution in [2.75, 3.05) is 20.1 Å². The molecule has 3 aromatic carbocycles. The second-order valence-electron chi connectivity index (χ2n) is 12.2. The number of hydroxylamine groups is 1. The molecule has 1 saturated heterocycles. The van der Waals surface area contributed by atoms with Crippen molar-refractivity contribution >= 4 is 11.8 Å². The van der Waals surface area contributed by atoms with E-state index in [9.17, 15) is 14.7 Å². The fourth-order valence-corrected chi connectivity index (χ4v) is 5.77. The van der Waals surface area contributed by atoms with Crippen LogP contribution in [-0.2, 0) is 38.6 Å². The molecule has 3 atom stereocenters. The first kappa shape index (κ1) is 34.9. The lowest BCUT2D eigenvalue weighted by Crippen LogP contribution is -2.38. The zero-order chi connectivity index (χ0) is 33.7. The largest absolute Gasteiger partial charge is 0.392 e. The Hall–Kier alpha value is -4.45. The van der Waals surface area contributed by atoms with Crippen LogP contribution in [0.5, 0.6) is 0 Å². The molecule has 0 saturated carbocycles.